The largest absolute Gasteiger partial charge is 0.388 e. The fourth-order valence-corrected chi connectivity index (χ4v) is 3.22. The van der Waals surface area contributed by atoms with Gasteiger partial charge in [-0.05, 0) is 61.1 Å². The minimum Gasteiger partial charge on any atom is -0.388 e. The van der Waals surface area contributed by atoms with Crippen molar-refractivity contribution < 1.29 is 5.11 Å². The number of rotatable bonds is 2. The highest BCUT2D eigenvalue weighted by atomic mass is 16.3. The molecule has 1 aliphatic rings. The van der Waals surface area contributed by atoms with Crippen LogP contribution in [0.1, 0.15) is 55.9 Å². The van der Waals surface area contributed by atoms with E-state index in [1.54, 1.807) is 0 Å². The summed E-state index contributed by atoms with van der Waals surface area (Å²) in [6.45, 7) is 8.91. The van der Waals surface area contributed by atoms with Crippen molar-refractivity contribution in [1.29, 1.82) is 0 Å². The summed E-state index contributed by atoms with van der Waals surface area (Å²) < 4.78 is 0. The summed E-state index contributed by atoms with van der Waals surface area (Å²) >= 11 is 0. The van der Waals surface area contributed by atoms with Crippen LogP contribution in [0.25, 0.3) is 0 Å². The highest BCUT2D eigenvalue weighted by Crippen LogP contribution is 2.40. The van der Waals surface area contributed by atoms with Crippen molar-refractivity contribution in [2.45, 2.75) is 53.1 Å². The monoisotopic (exact) mass is 246 g/mol. The zero-order valence-electron chi connectivity index (χ0n) is 12.1. The van der Waals surface area contributed by atoms with Gasteiger partial charge in [-0.15, -0.1) is 0 Å². The molecule has 100 valence electrons. The predicted octanol–water partition coefficient (Wildman–Crippen LogP) is 4.41. The Labute approximate surface area is 111 Å². The lowest BCUT2D eigenvalue weighted by Crippen LogP contribution is -2.25. The van der Waals surface area contributed by atoms with E-state index >= 15 is 0 Å². The molecule has 1 aromatic carbocycles. The van der Waals surface area contributed by atoms with E-state index in [1.165, 1.54) is 24.0 Å². The molecule has 1 aliphatic carbocycles. The molecule has 1 aromatic rings. The van der Waals surface area contributed by atoms with Crippen LogP contribution in [0, 0.1) is 31.6 Å². The first kappa shape index (κ1) is 13.6. The van der Waals surface area contributed by atoms with Crippen LogP contribution in [-0.2, 0) is 0 Å². The summed E-state index contributed by atoms with van der Waals surface area (Å²) in [5, 5.41) is 10.7. The fourth-order valence-electron chi connectivity index (χ4n) is 3.22. The fraction of sp³-hybridized carbons (Fsp3) is 0.647. The molecular weight excluding hydrogens is 220 g/mol. The number of aryl methyl sites for hydroxylation is 1. The molecule has 0 saturated heterocycles. The SMILES string of the molecule is Cc1cccc(C(O)C2CCC(C)C(C)C2)c1C. The van der Waals surface area contributed by atoms with Gasteiger partial charge in [-0.2, -0.15) is 0 Å². The Bertz CT molecular complexity index is 410. The number of benzene rings is 1. The van der Waals surface area contributed by atoms with Crippen LogP contribution in [0.2, 0.25) is 0 Å². The van der Waals surface area contributed by atoms with Crippen molar-refractivity contribution >= 4 is 0 Å². The number of hydrogen-bond acceptors (Lipinski definition) is 1. The molecule has 0 spiro atoms. The number of aliphatic hydroxyl groups is 1. The number of aliphatic hydroxyl groups excluding tert-OH is 1. The van der Waals surface area contributed by atoms with Crippen molar-refractivity contribution in [2.75, 3.05) is 0 Å². The molecule has 2 rings (SSSR count). The lowest BCUT2D eigenvalue weighted by molar-refractivity contribution is 0.0556. The Balaban J connectivity index is 2.16. The quantitative estimate of drug-likeness (QED) is 0.819. The Hall–Kier alpha value is -0.820. The van der Waals surface area contributed by atoms with E-state index < -0.39 is 0 Å². The van der Waals surface area contributed by atoms with Gasteiger partial charge in [0.25, 0.3) is 0 Å². The van der Waals surface area contributed by atoms with Crippen LogP contribution in [0.15, 0.2) is 18.2 Å². The maximum atomic E-state index is 10.7. The van der Waals surface area contributed by atoms with E-state index in [1.807, 2.05) is 0 Å². The first-order chi connectivity index (χ1) is 8.50. The predicted molar refractivity (Wildman–Crippen MR) is 76.5 cm³/mol. The van der Waals surface area contributed by atoms with Gasteiger partial charge in [-0.1, -0.05) is 38.5 Å². The Kier molecular flexibility index (Phi) is 4.11. The second-order valence-corrected chi connectivity index (χ2v) is 6.26. The van der Waals surface area contributed by atoms with Crippen molar-refractivity contribution in [1.82, 2.24) is 0 Å². The molecule has 4 unspecified atom stereocenters. The van der Waals surface area contributed by atoms with Gasteiger partial charge in [0.05, 0.1) is 6.10 Å². The van der Waals surface area contributed by atoms with Crippen molar-refractivity contribution in [3.05, 3.63) is 34.9 Å². The topological polar surface area (TPSA) is 20.2 Å². The average molecular weight is 246 g/mol. The van der Waals surface area contributed by atoms with Gasteiger partial charge in [0.2, 0.25) is 0 Å². The number of hydrogen-bond donors (Lipinski definition) is 1. The van der Waals surface area contributed by atoms with Gasteiger partial charge in [0.1, 0.15) is 0 Å². The maximum absolute atomic E-state index is 10.7. The summed E-state index contributed by atoms with van der Waals surface area (Å²) in [6, 6.07) is 6.28. The van der Waals surface area contributed by atoms with Crippen LogP contribution in [0.5, 0.6) is 0 Å². The standard InChI is InChI=1S/C17H26O/c1-11-8-9-15(10-13(11)3)17(18)16-7-5-6-12(2)14(16)4/h5-7,11,13,15,17-18H,8-10H2,1-4H3. The minimum absolute atomic E-state index is 0.278. The van der Waals surface area contributed by atoms with Gasteiger partial charge in [0, 0.05) is 0 Å². The molecule has 0 amide bonds. The molecule has 1 saturated carbocycles. The lowest BCUT2D eigenvalue weighted by Gasteiger charge is -2.35. The molecule has 0 bridgehead atoms. The van der Waals surface area contributed by atoms with Crippen molar-refractivity contribution in [3.8, 4) is 0 Å². The summed E-state index contributed by atoms with van der Waals surface area (Å²) in [6.07, 6.45) is 3.31. The molecule has 0 aliphatic heterocycles. The van der Waals surface area contributed by atoms with Crippen LogP contribution >= 0.6 is 0 Å². The van der Waals surface area contributed by atoms with Crippen molar-refractivity contribution in [2.24, 2.45) is 17.8 Å². The molecule has 0 heterocycles. The molecule has 1 nitrogen and oxygen atoms in total. The molecule has 1 N–H and O–H groups in total. The van der Waals surface area contributed by atoms with Gasteiger partial charge in [0.15, 0.2) is 0 Å². The van der Waals surface area contributed by atoms with E-state index in [4.69, 9.17) is 0 Å². The molecule has 0 aromatic heterocycles. The average Bonchev–Trinajstić information content (AvgIpc) is 2.35. The van der Waals surface area contributed by atoms with E-state index in [0.717, 1.165) is 23.8 Å². The molecule has 1 heteroatoms. The van der Waals surface area contributed by atoms with E-state index in [9.17, 15) is 5.11 Å². The van der Waals surface area contributed by atoms with E-state index in [2.05, 4.69) is 45.9 Å². The molecule has 4 atom stereocenters. The van der Waals surface area contributed by atoms with Crippen LogP contribution in [0.3, 0.4) is 0 Å². The maximum Gasteiger partial charge on any atom is 0.0820 e. The summed E-state index contributed by atoms with van der Waals surface area (Å²) in [4.78, 5) is 0. The van der Waals surface area contributed by atoms with Crippen LogP contribution in [0.4, 0.5) is 0 Å². The van der Waals surface area contributed by atoms with Crippen LogP contribution in [-0.4, -0.2) is 5.11 Å². The highest BCUT2D eigenvalue weighted by molar-refractivity contribution is 5.34. The first-order valence-corrected chi connectivity index (χ1v) is 7.25. The third kappa shape index (κ3) is 2.61. The van der Waals surface area contributed by atoms with Gasteiger partial charge in [-0.3, -0.25) is 0 Å². The van der Waals surface area contributed by atoms with Gasteiger partial charge >= 0.3 is 0 Å². The zero-order chi connectivity index (χ0) is 13.3. The summed E-state index contributed by atoms with van der Waals surface area (Å²) in [5.41, 5.74) is 3.68. The summed E-state index contributed by atoms with van der Waals surface area (Å²) in [5.74, 6) is 1.99. The third-order valence-corrected chi connectivity index (χ3v) is 5.05. The normalized spacial score (nSPS) is 30.2. The smallest absolute Gasteiger partial charge is 0.0820 e. The lowest BCUT2D eigenvalue weighted by atomic mass is 9.72. The molecule has 0 radical (unpaired) electrons. The molecule has 18 heavy (non-hydrogen) atoms. The Morgan fingerprint density at radius 2 is 1.83 bits per heavy atom. The Morgan fingerprint density at radius 3 is 2.50 bits per heavy atom. The van der Waals surface area contributed by atoms with E-state index in [0.29, 0.717) is 5.92 Å². The third-order valence-electron chi connectivity index (χ3n) is 5.05. The minimum atomic E-state index is -0.278. The van der Waals surface area contributed by atoms with Crippen molar-refractivity contribution in [3.63, 3.8) is 0 Å². The highest BCUT2D eigenvalue weighted by Gasteiger charge is 2.30. The van der Waals surface area contributed by atoms with Gasteiger partial charge < -0.3 is 5.11 Å². The molecular formula is C17H26O. The second kappa shape index (κ2) is 5.44. The van der Waals surface area contributed by atoms with Crippen LogP contribution < -0.4 is 0 Å². The van der Waals surface area contributed by atoms with E-state index in [-0.39, 0.29) is 6.10 Å². The Morgan fingerprint density at radius 1 is 1.11 bits per heavy atom. The van der Waals surface area contributed by atoms with Gasteiger partial charge in [-0.25, -0.2) is 0 Å². The second-order valence-electron chi connectivity index (χ2n) is 6.26. The first-order valence-electron chi connectivity index (χ1n) is 7.25. The zero-order valence-corrected chi connectivity index (χ0v) is 12.1. The summed E-state index contributed by atoms with van der Waals surface area (Å²) in [7, 11) is 0. The molecule has 1 fully saturated rings.